The minimum atomic E-state index is -0.333. The van der Waals surface area contributed by atoms with Crippen LogP contribution in [0.3, 0.4) is 0 Å². The molecule has 4 rings (SSSR count). The molecule has 0 N–H and O–H groups in total. The van der Waals surface area contributed by atoms with Gasteiger partial charge in [-0.2, -0.15) is 0 Å². The fourth-order valence-electron chi connectivity index (χ4n) is 3.29. The van der Waals surface area contributed by atoms with Crippen LogP contribution in [0, 0.1) is 33.5 Å². The summed E-state index contributed by atoms with van der Waals surface area (Å²) in [7, 11) is 0. The second-order valence-corrected chi connectivity index (χ2v) is 8.75. The third kappa shape index (κ3) is 4.47. The lowest BCUT2D eigenvalue weighted by Crippen LogP contribution is -2.28. The number of carbonyl (C=O) groups excluding carboxylic acids is 1. The van der Waals surface area contributed by atoms with Gasteiger partial charge in [-0.3, -0.25) is 9.69 Å². The number of aliphatic imine (C=N–C) groups is 1. The summed E-state index contributed by atoms with van der Waals surface area (Å²) in [6.45, 7) is 8.17. The van der Waals surface area contributed by atoms with Crippen LogP contribution < -0.4 is 4.90 Å². The van der Waals surface area contributed by atoms with Crippen molar-refractivity contribution in [2.45, 2.75) is 27.7 Å². The highest BCUT2D eigenvalue weighted by Gasteiger charge is 2.35. The predicted octanol–water partition coefficient (Wildman–Crippen LogP) is 6.87. The fraction of sp³-hybridized carbons (Fsp3) is 0.154. The number of hydrogen-bond donors (Lipinski definition) is 0. The Morgan fingerprint density at radius 2 is 1.58 bits per heavy atom. The van der Waals surface area contributed by atoms with Gasteiger partial charge in [0, 0.05) is 0 Å². The Morgan fingerprint density at radius 3 is 2.26 bits per heavy atom. The van der Waals surface area contributed by atoms with Crippen molar-refractivity contribution in [3.05, 3.63) is 99.2 Å². The van der Waals surface area contributed by atoms with Crippen molar-refractivity contribution in [2.24, 2.45) is 4.99 Å². The van der Waals surface area contributed by atoms with E-state index < -0.39 is 0 Å². The third-order valence-electron chi connectivity index (χ3n) is 5.42. The molecule has 0 aromatic heterocycles. The number of nitrogens with zero attached hydrogens (tertiary/aromatic N) is 2. The first-order valence-electron chi connectivity index (χ1n) is 10.0. The van der Waals surface area contributed by atoms with E-state index in [1.165, 1.54) is 29.5 Å². The molecular formula is C26H23FN2OS. The lowest BCUT2D eigenvalue weighted by atomic mass is 10.1. The first kappa shape index (κ1) is 21.1. The van der Waals surface area contributed by atoms with E-state index >= 15 is 0 Å². The van der Waals surface area contributed by atoms with Gasteiger partial charge < -0.3 is 0 Å². The van der Waals surface area contributed by atoms with E-state index in [0.29, 0.717) is 15.6 Å². The molecule has 156 valence electrons. The van der Waals surface area contributed by atoms with Crippen LogP contribution in [-0.2, 0) is 4.79 Å². The van der Waals surface area contributed by atoms with Gasteiger partial charge >= 0.3 is 0 Å². The SMILES string of the molecule is Cc1ccc(N=C2S/C(=C\c3cccc(F)c3)C(=O)N2c2ccc(C)c(C)c2)cc1C. The number of amidine groups is 1. The van der Waals surface area contributed by atoms with Crippen molar-refractivity contribution >= 4 is 40.3 Å². The van der Waals surface area contributed by atoms with Crippen LogP contribution in [0.1, 0.15) is 27.8 Å². The summed E-state index contributed by atoms with van der Waals surface area (Å²) in [5.74, 6) is -0.500. The molecule has 0 radical (unpaired) electrons. The maximum atomic E-state index is 13.6. The summed E-state index contributed by atoms with van der Waals surface area (Å²) >= 11 is 1.30. The quantitative estimate of drug-likeness (QED) is 0.425. The molecule has 0 unspecified atom stereocenters. The molecule has 1 amide bonds. The molecular weight excluding hydrogens is 407 g/mol. The Labute approximate surface area is 186 Å². The van der Waals surface area contributed by atoms with Gasteiger partial charge in [-0.1, -0.05) is 24.3 Å². The smallest absolute Gasteiger partial charge is 0.268 e. The van der Waals surface area contributed by atoms with Crippen LogP contribution in [0.4, 0.5) is 15.8 Å². The van der Waals surface area contributed by atoms with Gasteiger partial charge in [-0.05, 0) is 110 Å². The molecule has 1 heterocycles. The van der Waals surface area contributed by atoms with E-state index in [9.17, 15) is 9.18 Å². The molecule has 3 aromatic rings. The van der Waals surface area contributed by atoms with Crippen molar-refractivity contribution in [2.75, 3.05) is 4.90 Å². The summed E-state index contributed by atoms with van der Waals surface area (Å²) in [5.41, 5.74) is 6.80. The topological polar surface area (TPSA) is 32.7 Å². The highest BCUT2D eigenvalue weighted by Crippen LogP contribution is 2.38. The number of rotatable bonds is 3. The van der Waals surface area contributed by atoms with Crippen molar-refractivity contribution in [3.63, 3.8) is 0 Å². The maximum Gasteiger partial charge on any atom is 0.271 e. The van der Waals surface area contributed by atoms with Gasteiger partial charge in [0.15, 0.2) is 5.17 Å². The zero-order chi connectivity index (χ0) is 22.1. The average molecular weight is 431 g/mol. The van der Waals surface area contributed by atoms with Crippen molar-refractivity contribution < 1.29 is 9.18 Å². The predicted molar refractivity (Wildman–Crippen MR) is 128 cm³/mol. The molecule has 1 aliphatic rings. The number of hydrogen-bond acceptors (Lipinski definition) is 3. The Morgan fingerprint density at radius 1 is 0.871 bits per heavy atom. The Hall–Kier alpha value is -3.18. The number of thioether (sulfide) groups is 1. The van der Waals surface area contributed by atoms with Gasteiger partial charge in [0.25, 0.3) is 5.91 Å². The largest absolute Gasteiger partial charge is 0.271 e. The van der Waals surface area contributed by atoms with Gasteiger partial charge in [0.2, 0.25) is 0 Å². The monoisotopic (exact) mass is 430 g/mol. The Balaban J connectivity index is 1.81. The van der Waals surface area contributed by atoms with Crippen LogP contribution in [0.5, 0.6) is 0 Å². The zero-order valence-corrected chi connectivity index (χ0v) is 18.8. The molecule has 1 aliphatic heterocycles. The van der Waals surface area contributed by atoms with E-state index in [0.717, 1.165) is 28.1 Å². The summed E-state index contributed by atoms with van der Waals surface area (Å²) in [6.07, 6.45) is 1.72. The maximum absolute atomic E-state index is 13.6. The van der Waals surface area contributed by atoms with Crippen molar-refractivity contribution in [1.82, 2.24) is 0 Å². The van der Waals surface area contributed by atoms with Crippen LogP contribution in [0.25, 0.3) is 6.08 Å². The summed E-state index contributed by atoms with van der Waals surface area (Å²) in [6, 6.07) is 18.1. The highest BCUT2D eigenvalue weighted by atomic mass is 32.2. The number of anilines is 1. The molecule has 0 aliphatic carbocycles. The van der Waals surface area contributed by atoms with Gasteiger partial charge in [-0.25, -0.2) is 9.38 Å². The Kier molecular flexibility index (Phi) is 5.79. The molecule has 1 saturated heterocycles. The normalized spacial score (nSPS) is 16.5. The van der Waals surface area contributed by atoms with E-state index in [4.69, 9.17) is 4.99 Å². The van der Waals surface area contributed by atoms with Gasteiger partial charge in [-0.15, -0.1) is 0 Å². The van der Waals surface area contributed by atoms with E-state index in [1.807, 2.05) is 57.2 Å². The first-order chi connectivity index (χ1) is 14.8. The molecule has 0 saturated carbocycles. The molecule has 0 bridgehead atoms. The summed E-state index contributed by atoms with van der Waals surface area (Å²) in [5, 5.41) is 0.583. The van der Waals surface area contributed by atoms with Crippen LogP contribution in [0.15, 0.2) is 70.6 Å². The minimum absolute atomic E-state index is 0.167. The molecule has 3 aromatic carbocycles. The number of carbonyl (C=O) groups is 1. The average Bonchev–Trinajstić information content (AvgIpc) is 3.02. The van der Waals surface area contributed by atoms with Gasteiger partial charge in [0.05, 0.1) is 16.3 Å². The molecule has 0 atom stereocenters. The molecule has 5 heteroatoms. The zero-order valence-electron chi connectivity index (χ0n) is 17.9. The third-order valence-corrected chi connectivity index (χ3v) is 6.39. The number of aryl methyl sites for hydroxylation is 4. The number of halogens is 1. The van der Waals surface area contributed by atoms with Crippen molar-refractivity contribution in [3.8, 4) is 0 Å². The number of benzene rings is 3. The van der Waals surface area contributed by atoms with E-state index in [2.05, 4.69) is 6.92 Å². The first-order valence-corrected chi connectivity index (χ1v) is 10.9. The van der Waals surface area contributed by atoms with Gasteiger partial charge in [0.1, 0.15) is 5.82 Å². The van der Waals surface area contributed by atoms with Crippen LogP contribution >= 0.6 is 11.8 Å². The lowest BCUT2D eigenvalue weighted by molar-refractivity contribution is -0.113. The molecule has 0 spiro atoms. The van der Waals surface area contributed by atoms with E-state index in [1.54, 1.807) is 23.1 Å². The van der Waals surface area contributed by atoms with Crippen LogP contribution in [0.2, 0.25) is 0 Å². The fourth-order valence-corrected chi connectivity index (χ4v) is 4.30. The standard InChI is InChI=1S/C26H23FN2OS/c1-16-8-10-22(12-18(16)3)28-26-29(23-11-9-17(2)19(4)13-23)25(30)24(31-26)15-20-6-5-7-21(27)14-20/h5-15H,1-4H3/b24-15-,28-26?. The van der Waals surface area contributed by atoms with Crippen LogP contribution in [-0.4, -0.2) is 11.1 Å². The molecule has 31 heavy (non-hydrogen) atoms. The number of amides is 1. The Bertz CT molecular complexity index is 1250. The van der Waals surface area contributed by atoms with E-state index in [-0.39, 0.29) is 11.7 Å². The lowest BCUT2D eigenvalue weighted by Gasteiger charge is -2.17. The minimum Gasteiger partial charge on any atom is -0.268 e. The summed E-state index contributed by atoms with van der Waals surface area (Å²) in [4.78, 5) is 20.3. The second kappa shape index (κ2) is 8.52. The highest BCUT2D eigenvalue weighted by molar-refractivity contribution is 8.19. The van der Waals surface area contributed by atoms with Crippen molar-refractivity contribution in [1.29, 1.82) is 0 Å². The second-order valence-electron chi connectivity index (χ2n) is 7.74. The molecule has 1 fully saturated rings. The molecule has 3 nitrogen and oxygen atoms in total. The summed E-state index contributed by atoms with van der Waals surface area (Å²) < 4.78 is 13.6.